The van der Waals surface area contributed by atoms with Gasteiger partial charge in [0.15, 0.2) is 0 Å². The molecular formula is C39H54O4. The maximum Gasteiger partial charge on any atom is 0.101 e. The molecule has 0 amide bonds. The van der Waals surface area contributed by atoms with E-state index in [1.54, 1.807) is 0 Å². The summed E-state index contributed by atoms with van der Waals surface area (Å²) in [5.74, 6) is 0.223. The summed E-state index contributed by atoms with van der Waals surface area (Å²) < 4.78 is 0. The van der Waals surface area contributed by atoms with E-state index in [-0.39, 0.29) is 11.3 Å². The van der Waals surface area contributed by atoms with Crippen LogP contribution >= 0.6 is 0 Å². The van der Waals surface area contributed by atoms with E-state index in [0.29, 0.717) is 12.8 Å². The molecule has 0 heterocycles. The van der Waals surface area contributed by atoms with Crippen LogP contribution in [0, 0.1) is 11.3 Å². The molecule has 0 spiro atoms. The van der Waals surface area contributed by atoms with Gasteiger partial charge < -0.3 is 20.4 Å². The van der Waals surface area contributed by atoms with E-state index in [1.165, 1.54) is 0 Å². The molecule has 0 aromatic rings. The molecule has 4 heteroatoms. The van der Waals surface area contributed by atoms with Gasteiger partial charge in [0, 0.05) is 0 Å². The minimum Gasteiger partial charge on any atom is -0.390 e. The number of rotatable bonds is 10. The van der Waals surface area contributed by atoms with Crippen molar-refractivity contribution in [1.82, 2.24) is 0 Å². The maximum absolute atomic E-state index is 10.3. The number of hydrogen-bond acceptors (Lipinski definition) is 4. The molecule has 0 saturated carbocycles. The van der Waals surface area contributed by atoms with Gasteiger partial charge in [-0.1, -0.05) is 128 Å². The summed E-state index contributed by atoms with van der Waals surface area (Å²) in [5.41, 5.74) is 8.21. The fourth-order valence-corrected chi connectivity index (χ4v) is 5.62. The lowest BCUT2D eigenvalue weighted by molar-refractivity contribution is 0.00686. The lowest BCUT2D eigenvalue weighted by Gasteiger charge is -2.38. The summed E-state index contributed by atoms with van der Waals surface area (Å²) in [6.07, 6.45) is 27.0. The highest BCUT2D eigenvalue weighted by Gasteiger charge is 2.36. The van der Waals surface area contributed by atoms with Gasteiger partial charge in [0.05, 0.1) is 12.2 Å². The van der Waals surface area contributed by atoms with Crippen molar-refractivity contribution >= 4 is 0 Å². The Bertz CT molecular complexity index is 1320. The number of aliphatic hydroxyl groups is 4. The van der Waals surface area contributed by atoms with Crippen molar-refractivity contribution in [2.75, 3.05) is 0 Å². The first kappa shape index (κ1) is 36.2. The van der Waals surface area contributed by atoms with Crippen molar-refractivity contribution in [3.8, 4) is 0 Å². The Kier molecular flexibility index (Phi) is 14.1. The smallest absolute Gasteiger partial charge is 0.101 e. The highest BCUT2D eigenvalue weighted by Crippen LogP contribution is 2.41. The molecule has 4 N–H and O–H groups in total. The third kappa shape index (κ3) is 11.2. The minimum absolute atomic E-state index is 0.181. The summed E-state index contributed by atoms with van der Waals surface area (Å²) >= 11 is 0. The monoisotopic (exact) mass is 586 g/mol. The number of hydrogen-bond donors (Lipinski definition) is 4. The van der Waals surface area contributed by atoms with E-state index in [1.807, 2.05) is 38.2 Å². The van der Waals surface area contributed by atoms with Crippen LogP contribution < -0.4 is 0 Å². The zero-order chi connectivity index (χ0) is 32.3. The molecule has 2 aliphatic rings. The molecular weight excluding hydrogens is 532 g/mol. The van der Waals surface area contributed by atoms with Crippen LogP contribution in [0.25, 0.3) is 0 Å². The second-order valence-corrected chi connectivity index (χ2v) is 12.9. The van der Waals surface area contributed by atoms with Crippen molar-refractivity contribution in [3.63, 3.8) is 0 Å². The van der Waals surface area contributed by atoms with E-state index in [4.69, 9.17) is 0 Å². The Morgan fingerprint density at radius 2 is 1.07 bits per heavy atom. The minimum atomic E-state index is -0.798. The van der Waals surface area contributed by atoms with E-state index in [9.17, 15) is 20.4 Å². The fraction of sp³-hybridized carbons (Fsp3) is 0.436. The lowest BCUT2D eigenvalue weighted by atomic mass is 9.70. The Morgan fingerprint density at radius 3 is 1.60 bits per heavy atom. The zero-order valence-electron chi connectivity index (χ0n) is 27.7. The Hall–Kier alpha value is -3.02. The van der Waals surface area contributed by atoms with Gasteiger partial charge in [-0.3, -0.25) is 0 Å². The van der Waals surface area contributed by atoms with E-state index < -0.39 is 24.4 Å². The molecule has 0 saturated heterocycles. The molecule has 5 unspecified atom stereocenters. The molecule has 0 radical (unpaired) electrons. The van der Waals surface area contributed by atoms with Crippen LogP contribution in [0.3, 0.4) is 0 Å². The van der Waals surface area contributed by atoms with Gasteiger partial charge >= 0.3 is 0 Å². The first-order valence-corrected chi connectivity index (χ1v) is 15.4. The number of allylic oxidation sites excluding steroid dienone is 20. The first-order chi connectivity index (χ1) is 20.1. The predicted molar refractivity (Wildman–Crippen MR) is 182 cm³/mol. The van der Waals surface area contributed by atoms with Gasteiger partial charge in [-0.05, 0) is 88.0 Å². The van der Waals surface area contributed by atoms with Crippen molar-refractivity contribution < 1.29 is 20.4 Å². The van der Waals surface area contributed by atoms with Gasteiger partial charge in [0.2, 0.25) is 0 Å². The number of aliphatic hydroxyl groups excluding tert-OH is 4. The lowest BCUT2D eigenvalue weighted by Crippen LogP contribution is -2.38. The molecule has 0 aromatic heterocycles. The molecule has 0 aliphatic heterocycles. The van der Waals surface area contributed by atoms with Gasteiger partial charge in [-0.15, -0.1) is 0 Å². The third-order valence-corrected chi connectivity index (χ3v) is 8.38. The average molecular weight is 587 g/mol. The van der Waals surface area contributed by atoms with Gasteiger partial charge in [0.1, 0.15) is 12.2 Å². The molecule has 234 valence electrons. The fourth-order valence-electron chi connectivity index (χ4n) is 5.62. The molecule has 5 atom stereocenters. The topological polar surface area (TPSA) is 80.9 Å². The Balaban J connectivity index is 1.92. The summed E-state index contributed by atoms with van der Waals surface area (Å²) in [5, 5.41) is 40.5. The first-order valence-electron chi connectivity index (χ1n) is 15.4. The highest BCUT2D eigenvalue weighted by atomic mass is 16.3. The molecule has 2 aliphatic carbocycles. The van der Waals surface area contributed by atoms with Crippen LogP contribution in [0.1, 0.15) is 75.2 Å². The Labute approximate surface area is 260 Å². The third-order valence-electron chi connectivity index (χ3n) is 8.38. The molecule has 0 fully saturated rings. The van der Waals surface area contributed by atoms with Gasteiger partial charge in [-0.25, -0.2) is 0 Å². The van der Waals surface area contributed by atoms with Gasteiger partial charge in [-0.2, -0.15) is 0 Å². The SMILES string of the molecule is CC1=C(/C=C/C(C)=C/C=C/C(C)=C/C=C/C=C(C)/C=C/C=C(C)/C=C/C2=C(C)C(O)C(O)CC2(C)C)C(C)CC(O)C1O. The largest absolute Gasteiger partial charge is 0.390 e. The molecule has 0 aromatic carbocycles. The van der Waals surface area contributed by atoms with E-state index in [2.05, 4.69) is 109 Å². The summed E-state index contributed by atoms with van der Waals surface area (Å²) in [6, 6.07) is 0. The average Bonchev–Trinajstić information content (AvgIpc) is 2.92. The Morgan fingerprint density at radius 1 is 0.628 bits per heavy atom. The molecule has 0 bridgehead atoms. The zero-order valence-corrected chi connectivity index (χ0v) is 27.7. The second-order valence-electron chi connectivity index (χ2n) is 12.9. The maximum atomic E-state index is 10.3. The van der Waals surface area contributed by atoms with Crippen LogP contribution in [0.5, 0.6) is 0 Å². The highest BCUT2D eigenvalue weighted by molar-refractivity contribution is 5.40. The van der Waals surface area contributed by atoms with E-state index in [0.717, 1.165) is 44.6 Å². The van der Waals surface area contributed by atoms with Crippen LogP contribution in [-0.4, -0.2) is 44.8 Å². The van der Waals surface area contributed by atoms with Crippen molar-refractivity contribution in [2.24, 2.45) is 11.3 Å². The normalized spacial score (nSPS) is 28.7. The summed E-state index contributed by atoms with van der Waals surface area (Å²) in [6.45, 7) is 18.3. The van der Waals surface area contributed by atoms with Crippen molar-refractivity contribution in [3.05, 3.63) is 130 Å². The van der Waals surface area contributed by atoms with Crippen LogP contribution in [0.15, 0.2) is 130 Å². The predicted octanol–water partition coefficient (Wildman–Crippen LogP) is 8.10. The van der Waals surface area contributed by atoms with Crippen LogP contribution in [-0.2, 0) is 0 Å². The van der Waals surface area contributed by atoms with Crippen LogP contribution in [0.4, 0.5) is 0 Å². The van der Waals surface area contributed by atoms with Crippen molar-refractivity contribution in [2.45, 2.75) is 99.6 Å². The molecule has 4 nitrogen and oxygen atoms in total. The standard InChI is InChI=1S/C39H54O4/c1-26(16-12-18-28(3)20-22-33-30(5)24-35(40)37(42)31(33)6)14-10-11-15-27(2)17-13-19-29(4)21-23-34-32(7)38(43)36(41)25-39(34,8)9/h10-23,30,35-38,40-43H,24-25H2,1-9H3/b11-10+,16-12+,17-13+,22-20+,23-21+,26-14+,27-15+,28-18+,29-19+. The van der Waals surface area contributed by atoms with Gasteiger partial charge in [0.25, 0.3) is 0 Å². The van der Waals surface area contributed by atoms with E-state index >= 15 is 0 Å². The van der Waals surface area contributed by atoms with Crippen LogP contribution in [0.2, 0.25) is 0 Å². The summed E-state index contributed by atoms with van der Waals surface area (Å²) in [4.78, 5) is 0. The summed E-state index contributed by atoms with van der Waals surface area (Å²) in [7, 11) is 0. The molecule has 43 heavy (non-hydrogen) atoms. The second kappa shape index (κ2) is 16.7. The quantitative estimate of drug-likeness (QED) is 0.195. The molecule has 2 rings (SSSR count). The van der Waals surface area contributed by atoms with Crippen molar-refractivity contribution in [1.29, 1.82) is 0 Å².